The van der Waals surface area contributed by atoms with E-state index in [1.807, 2.05) is 12.1 Å². The SMILES string of the molecule is COc1cccc(Oc2ccc(NC(=O)N(C)OC)cc2Cl)c1. The number of nitrogens with one attached hydrogen (secondary N) is 1. The minimum atomic E-state index is -0.412. The van der Waals surface area contributed by atoms with Gasteiger partial charge in [0.2, 0.25) is 0 Å². The van der Waals surface area contributed by atoms with Gasteiger partial charge in [0.15, 0.2) is 0 Å². The normalized spacial score (nSPS) is 10.1. The maximum atomic E-state index is 11.7. The molecule has 0 aliphatic heterocycles. The number of carbonyl (C=O) groups is 1. The summed E-state index contributed by atoms with van der Waals surface area (Å²) in [7, 11) is 4.48. The Morgan fingerprint density at radius 3 is 2.52 bits per heavy atom. The van der Waals surface area contributed by atoms with E-state index in [9.17, 15) is 4.79 Å². The summed E-state index contributed by atoms with van der Waals surface area (Å²) in [6.45, 7) is 0. The van der Waals surface area contributed by atoms with Gasteiger partial charge in [-0.25, -0.2) is 9.86 Å². The summed E-state index contributed by atoms with van der Waals surface area (Å²) >= 11 is 6.20. The lowest BCUT2D eigenvalue weighted by Gasteiger charge is -2.15. The number of benzene rings is 2. The van der Waals surface area contributed by atoms with E-state index in [1.165, 1.54) is 14.2 Å². The van der Waals surface area contributed by atoms with Gasteiger partial charge >= 0.3 is 6.03 Å². The Morgan fingerprint density at radius 1 is 1.13 bits per heavy atom. The first-order valence-corrected chi connectivity index (χ1v) is 7.11. The quantitative estimate of drug-likeness (QED) is 0.833. The van der Waals surface area contributed by atoms with E-state index in [4.69, 9.17) is 25.9 Å². The molecule has 0 radical (unpaired) electrons. The van der Waals surface area contributed by atoms with Gasteiger partial charge in [0.25, 0.3) is 0 Å². The number of amides is 2. The number of hydrogen-bond donors (Lipinski definition) is 1. The van der Waals surface area contributed by atoms with Crippen LogP contribution in [0.4, 0.5) is 10.5 Å². The Bertz CT molecular complexity index is 694. The third-order valence-corrected chi connectivity index (χ3v) is 3.31. The van der Waals surface area contributed by atoms with E-state index in [2.05, 4.69) is 5.32 Å². The van der Waals surface area contributed by atoms with Crippen LogP contribution < -0.4 is 14.8 Å². The molecule has 7 heteroatoms. The van der Waals surface area contributed by atoms with E-state index < -0.39 is 6.03 Å². The fourth-order valence-corrected chi connectivity index (χ4v) is 1.96. The van der Waals surface area contributed by atoms with Crippen molar-refractivity contribution in [1.82, 2.24) is 5.06 Å². The van der Waals surface area contributed by atoms with E-state index in [0.717, 1.165) is 5.06 Å². The van der Waals surface area contributed by atoms with Crippen LogP contribution in [0.15, 0.2) is 42.5 Å². The smallest absolute Gasteiger partial charge is 0.345 e. The number of rotatable bonds is 5. The van der Waals surface area contributed by atoms with Crippen LogP contribution in [0.5, 0.6) is 17.2 Å². The zero-order valence-electron chi connectivity index (χ0n) is 13.0. The van der Waals surface area contributed by atoms with Crippen molar-refractivity contribution in [3.8, 4) is 17.2 Å². The minimum Gasteiger partial charge on any atom is -0.497 e. The van der Waals surface area contributed by atoms with Crippen LogP contribution in [0.25, 0.3) is 0 Å². The van der Waals surface area contributed by atoms with Crippen molar-refractivity contribution >= 4 is 23.3 Å². The molecule has 6 nitrogen and oxygen atoms in total. The third kappa shape index (κ3) is 4.51. The molecular weight excluding hydrogens is 320 g/mol. The molecule has 0 unspecified atom stereocenters. The summed E-state index contributed by atoms with van der Waals surface area (Å²) in [5.41, 5.74) is 0.530. The van der Waals surface area contributed by atoms with Crippen LogP contribution in [0.3, 0.4) is 0 Å². The van der Waals surface area contributed by atoms with E-state index >= 15 is 0 Å². The lowest BCUT2D eigenvalue weighted by Crippen LogP contribution is -2.30. The molecule has 2 aromatic carbocycles. The van der Waals surface area contributed by atoms with Crippen molar-refractivity contribution in [1.29, 1.82) is 0 Å². The van der Waals surface area contributed by atoms with E-state index in [-0.39, 0.29) is 0 Å². The number of ether oxygens (including phenoxy) is 2. The van der Waals surface area contributed by atoms with Crippen LogP contribution in [0.2, 0.25) is 5.02 Å². The third-order valence-electron chi connectivity index (χ3n) is 3.01. The highest BCUT2D eigenvalue weighted by Gasteiger charge is 2.10. The van der Waals surface area contributed by atoms with Crippen molar-refractivity contribution in [3.63, 3.8) is 0 Å². The maximum Gasteiger partial charge on any atom is 0.345 e. The number of carbonyl (C=O) groups excluding carboxylic acids is 1. The molecule has 0 saturated carbocycles. The monoisotopic (exact) mass is 336 g/mol. The standard InChI is InChI=1S/C16H17ClN2O4/c1-19(22-3)16(20)18-11-7-8-15(14(17)9-11)23-13-6-4-5-12(10-13)21-2/h4-10H,1-3H3,(H,18,20). The summed E-state index contributed by atoms with van der Waals surface area (Å²) < 4.78 is 10.9. The first-order chi connectivity index (χ1) is 11.0. The molecule has 23 heavy (non-hydrogen) atoms. The zero-order valence-corrected chi connectivity index (χ0v) is 13.8. The van der Waals surface area contributed by atoms with Crippen molar-refractivity contribution in [2.24, 2.45) is 0 Å². The predicted molar refractivity (Wildman–Crippen MR) is 88.3 cm³/mol. The van der Waals surface area contributed by atoms with Crippen LogP contribution >= 0.6 is 11.6 Å². The Kier molecular flexibility index (Phi) is 5.67. The number of methoxy groups -OCH3 is 1. The number of urea groups is 1. The van der Waals surface area contributed by atoms with Gasteiger partial charge < -0.3 is 14.8 Å². The second-order valence-electron chi connectivity index (χ2n) is 4.54. The molecule has 0 saturated heterocycles. The molecule has 2 amide bonds. The molecule has 0 atom stereocenters. The molecule has 0 aromatic heterocycles. The number of hydrogen-bond acceptors (Lipinski definition) is 4. The summed E-state index contributed by atoms with van der Waals surface area (Å²) in [5, 5.41) is 4.08. The molecule has 2 rings (SSSR count). The molecule has 0 fully saturated rings. The highest BCUT2D eigenvalue weighted by Crippen LogP contribution is 2.32. The highest BCUT2D eigenvalue weighted by molar-refractivity contribution is 6.32. The fraction of sp³-hybridized carbons (Fsp3) is 0.188. The Labute approximate surface area is 139 Å². The first-order valence-electron chi connectivity index (χ1n) is 6.73. The molecular formula is C16H17ClN2O4. The van der Waals surface area contributed by atoms with Gasteiger partial charge in [0.1, 0.15) is 17.2 Å². The molecule has 0 bridgehead atoms. The van der Waals surface area contributed by atoms with Crippen molar-refractivity contribution in [2.75, 3.05) is 26.6 Å². The largest absolute Gasteiger partial charge is 0.497 e. The molecule has 0 spiro atoms. The van der Waals surface area contributed by atoms with Gasteiger partial charge in [-0.3, -0.25) is 4.84 Å². The summed E-state index contributed by atoms with van der Waals surface area (Å²) in [6, 6.07) is 11.7. The van der Waals surface area contributed by atoms with Crippen molar-refractivity contribution in [3.05, 3.63) is 47.5 Å². The highest BCUT2D eigenvalue weighted by atomic mass is 35.5. The predicted octanol–water partition coefficient (Wildman–Crippen LogP) is 4.17. The molecule has 122 valence electrons. The van der Waals surface area contributed by atoms with Crippen LogP contribution in [0, 0.1) is 0 Å². The topological polar surface area (TPSA) is 60.0 Å². The van der Waals surface area contributed by atoms with Crippen LogP contribution in [0.1, 0.15) is 0 Å². The molecule has 0 aliphatic rings. The second-order valence-corrected chi connectivity index (χ2v) is 4.94. The number of halogens is 1. The fourth-order valence-electron chi connectivity index (χ4n) is 1.74. The Hall–Kier alpha value is -2.44. The molecule has 0 aliphatic carbocycles. The summed E-state index contributed by atoms with van der Waals surface area (Å²) in [6.07, 6.45) is 0. The molecule has 1 N–H and O–H groups in total. The lowest BCUT2D eigenvalue weighted by atomic mass is 10.3. The van der Waals surface area contributed by atoms with E-state index in [1.54, 1.807) is 37.4 Å². The van der Waals surface area contributed by atoms with Gasteiger partial charge in [0.05, 0.1) is 19.2 Å². The zero-order chi connectivity index (χ0) is 16.8. The lowest BCUT2D eigenvalue weighted by molar-refractivity contribution is -0.0598. The minimum absolute atomic E-state index is 0.366. The number of hydroxylamine groups is 2. The molecule has 2 aromatic rings. The summed E-state index contributed by atoms with van der Waals surface area (Å²) in [4.78, 5) is 16.5. The number of anilines is 1. The average molecular weight is 337 g/mol. The maximum absolute atomic E-state index is 11.7. The van der Waals surface area contributed by atoms with Gasteiger partial charge in [-0.15, -0.1) is 0 Å². The first kappa shape index (κ1) is 16.9. The molecule has 0 heterocycles. The number of nitrogens with zero attached hydrogens (tertiary/aromatic N) is 1. The van der Waals surface area contributed by atoms with Crippen molar-refractivity contribution < 1.29 is 19.1 Å². The van der Waals surface area contributed by atoms with Gasteiger partial charge in [-0.1, -0.05) is 17.7 Å². The Balaban J connectivity index is 2.11. The average Bonchev–Trinajstić information content (AvgIpc) is 2.56. The van der Waals surface area contributed by atoms with Crippen LogP contribution in [-0.2, 0) is 4.84 Å². The second kappa shape index (κ2) is 7.71. The van der Waals surface area contributed by atoms with E-state index in [0.29, 0.717) is 28.0 Å². The van der Waals surface area contributed by atoms with Crippen molar-refractivity contribution in [2.45, 2.75) is 0 Å². The van der Waals surface area contributed by atoms with Gasteiger partial charge in [-0.05, 0) is 30.3 Å². The Morgan fingerprint density at radius 2 is 1.87 bits per heavy atom. The summed E-state index contributed by atoms with van der Waals surface area (Å²) in [5.74, 6) is 1.75. The van der Waals surface area contributed by atoms with Crippen LogP contribution in [-0.4, -0.2) is 32.4 Å². The van der Waals surface area contributed by atoms with Gasteiger partial charge in [0, 0.05) is 18.8 Å². The van der Waals surface area contributed by atoms with Gasteiger partial charge in [-0.2, -0.15) is 0 Å².